The van der Waals surface area contributed by atoms with Gasteiger partial charge in [-0.25, -0.2) is 19.9 Å². The minimum Gasteiger partial charge on any atom is -0.301 e. The molecule has 1 atom stereocenters. The lowest BCUT2D eigenvalue weighted by molar-refractivity contribution is -0.117. The van der Waals surface area contributed by atoms with Gasteiger partial charge in [0, 0.05) is 35.9 Å². The number of nitrogens with one attached hydrogen (secondary N) is 2. The van der Waals surface area contributed by atoms with E-state index in [0.717, 1.165) is 10.7 Å². The summed E-state index contributed by atoms with van der Waals surface area (Å²) >= 11 is 2.87. The van der Waals surface area contributed by atoms with Crippen LogP contribution in [0.3, 0.4) is 0 Å². The first kappa shape index (κ1) is 15.7. The van der Waals surface area contributed by atoms with E-state index >= 15 is 0 Å². The minimum absolute atomic E-state index is 0.123. The van der Waals surface area contributed by atoms with Crippen LogP contribution in [0.4, 0.5) is 5.13 Å². The van der Waals surface area contributed by atoms with Crippen molar-refractivity contribution in [3.63, 3.8) is 0 Å². The zero-order valence-corrected chi connectivity index (χ0v) is 13.9. The van der Waals surface area contributed by atoms with E-state index in [4.69, 9.17) is 0 Å². The van der Waals surface area contributed by atoms with E-state index in [-0.39, 0.29) is 11.9 Å². The zero-order chi connectivity index (χ0) is 16.1. The Morgan fingerprint density at radius 3 is 2.78 bits per heavy atom. The van der Waals surface area contributed by atoms with Gasteiger partial charge in [0.25, 0.3) is 0 Å². The highest BCUT2D eigenvalue weighted by Gasteiger charge is 2.14. The van der Waals surface area contributed by atoms with Crippen molar-refractivity contribution in [1.82, 2.24) is 25.3 Å². The van der Waals surface area contributed by atoms with Gasteiger partial charge in [0.1, 0.15) is 0 Å². The molecule has 0 aliphatic rings. The number of aromatic nitrogens is 4. The fourth-order valence-corrected chi connectivity index (χ4v) is 3.05. The second-order valence-corrected chi connectivity index (χ2v) is 6.40. The molecule has 0 aliphatic heterocycles. The topological polar surface area (TPSA) is 92.7 Å². The molecular formula is C14H14N6OS2. The Bertz CT molecular complexity index is 759. The summed E-state index contributed by atoms with van der Waals surface area (Å²) in [6.45, 7) is 2.30. The van der Waals surface area contributed by atoms with Crippen LogP contribution in [-0.2, 0) is 11.3 Å². The van der Waals surface area contributed by atoms with Crippen molar-refractivity contribution < 1.29 is 4.79 Å². The monoisotopic (exact) mass is 346 g/mol. The third-order valence-corrected chi connectivity index (χ3v) is 4.53. The van der Waals surface area contributed by atoms with Crippen molar-refractivity contribution in [1.29, 1.82) is 0 Å². The number of thiazole rings is 2. The van der Waals surface area contributed by atoms with Crippen LogP contribution in [0, 0.1) is 0 Å². The van der Waals surface area contributed by atoms with Crippen LogP contribution < -0.4 is 10.6 Å². The Morgan fingerprint density at radius 2 is 2.04 bits per heavy atom. The fraction of sp³-hybridized carbons (Fsp3) is 0.214. The molecule has 118 valence electrons. The van der Waals surface area contributed by atoms with Gasteiger partial charge in [0.15, 0.2) is 16.0 Å². The van der Waals surface area contributed by atoms with Crippen LogP contribution in [0.25, 0.3) is 10.8 Å². The van der Waals surface area contributed by atoms with E-state index in [0.29, 0.717) is 17.5 Å². The third-order valence-electron chi connectivity index (χ3n) is 2.95. The second-order valence-electron chi connectivity index (χ2n) is 4.65. The van der Waals surface area contributed by atoms with Crippen LogP contribution in [0.15, 0.2) is 35.4 Å². The molecule has 0 saturated carbocycles. The summed E-state index contributed by atoms with van der Waals surface area (Å²) in [4.78, 5) is 28.9. The van der Waals surface area contributed by atoms with E-state index in [2.05, 4.69) is 30.6 Å². The normalized spacial score (nSPS) is 12.0. The van der Waals surface area contributed by atoms with Crippen molar-refractivity contribution >= 4 is 33.7 Å². The number of hydrogen-bond donors (Lipinski definition) is 2. The van der Waals surface area contributed by atoms with Crippen molar-refractivity contribution in [2.45, 2.75) is 19.5 Å². The fourth-order valence-electron chi connectivity index (χ4n) is 1.75. The first-order valence-electron chi connectivity index (χ1n) is 6.88. The Kier molecular flexibility index (Phi) is 5.01. The van der Waals surface area contributed by atoms with Gasteiger partial charge in [-0.2, -0.15) is 0 Å². The summed E-state index contributed by atoms with van der Waals surface area (Å²) in [5, 5.41) is 11.0. The number of anilines is 1. The molecule has 0 fully saturated rings. The van der Waals surface area contributed by atoms with E-state index < -0.39 is 0 Å². The van der Waals surface area contributed by atoms with Gasteiger partial charge in [0.05, 0.1) is 11.7 Å². The molecular weight excluding hydrogens is 332 g/mol. The molecule has 3 aromatic rings. The summed E-state index contributed by atoms with van der Waals surface area (Å²) in [6.07, 6.45) is 5.03. The molecule has 0 aliphatic carbocycles. The molecule has 0 aromatic carbocycles. The quantitative estimate of drug-likeness (QED) is 0.711. The number of carbonyl (C=O) groups is 1. The molecule has 1 unspecified atom stereocenters. The van der Waals surface area contributed by atoms with Gasteiger partial charge < -0.3 is 10.6 Å². The molecule has 23 heavy (non-hydrogen) atoms. The zero-order valence-electron chi connectivity index (χ0n) is 12.3. The van der Waals surface area contributed by atoms with Crippen LogP contribution in [0.1, 0.15) is 12.6 Å². The Hall–Kier alpha value is -2.23. The van der Waals surface area contributed by atoms with Crippen LogP contribution >= 0.6 is 22.7 Å². The van der Waals surface area contributed by atoms with Crippen LogP contribution in [0.5, 0.6) is 0 Å². The summed E-state index contributed by atoms with van der Waals surface area (Å²) in [5.74, 6) is 0.486. The first-order valence-corrected chi connectivity index (χ1v) is 8.64. The third kappa shape index (κ3) is 4.15. The average Bonchev–Trinajstić information content (AvgIpc) is 3.25. The second kappa shape index (κ2) is 7.36. The predicted octanol–water partition coefficient (Wildman–Crippen LogP) is 2.17. The summed E-state index contributed by atoms with van der Waals surface area (Å²) in [7, 11) is 0. The SMILES string of the molecule is CC(NCc1csc(-c2ncccn2)n1)C(=O)Nc1nccs1. The predicted molar refractivity (Wildman–Crippen MR) is 90.2 cm³/mol. The maximum absolute atomic E-state index is 12.0. The van der Waals surface area contributed by atoms with E-state index in [1.54, 1.807) is 31.6 Å². The standard InChI is InChI=1S/C14H14N6OS2/c1-9(12(21)20-14-17-5-6-22-14)18-7-10-8-23-13(19-10)11-15-3-2-4-16-11/h2-6,8-9,18H,7H2,1H3,(H,17,20,21). The lowest BCUT2D eigenvalue weighted by atomic mass is 10.3. The van der Waals surface area contributed by atoms with Crippen LogP contribution in [-0.4, -0.2) is 31.9 Å². The molecule has 9 heteroatoms. The number of amides is 1. The van der Waals surface area contributed by atoms with Gasteiger partial charge in [-0.15, -0.1) is 22.7 Å². The lowest BCUT2D eigenvalue weighted by Crippen LogP contribution is -2.37. The number of carbonyl (C=O) groups excluding carboxylic acids is 1. The lowest BCUT2D eigenvalue weighted by Gasteiger charge is -2.11. The van der Waals surface area contributed by atoms with Gasteiger partial charge in [-0.3, -0.25) is 4.79 Å². The highest BCUT2D eigenvalue weighted by molar-refractivity contribution is 7.13. The largest absolute Gasteiger partial charge is 0.301 e. The number of nitrogens with zero attached hydrogens (tertiary/aromatic N) is 4. The molecule has 1 amide bonds. The van der Waals surface area contributed by atoms with Crippen molar-refractivity contribution in [2.75, 3.05) is 5.32 Å². The Morgan fingerprint density at radius 1 is 1.22 bits per heavy atom. The highest BCUT2D eigenvalue weighted by atomic mass is 32.1. The van der Waals surface area contributed by atoms with E-state index in [9.17, 15) is 4.79 Å². The van der Waals surface area contributed by atoms with Crippen molar-refractivity contribution in [2.24, 2.45) is 0 Å². The molecule has 0 spiro atoms. The van der Waals surface area contributed by atoms with Crippen molar-refractivity contribution in [3.8, 4) is 10.8 Å². The number of hydrogen-bond acceptors (Lipinski definition) is 8. The summed E-state index contributed by atoms with van der Waals surface area (Å²) < 4.78 is 0. The molecule has 0 saturated heterocycles. The summed E-state index contributed by atoms with van der Waals surface area (Å²) in [5.41, 5.74) is 0.853. The first-order chi connectivity index (χ1) is 11.2. The Labute approximate surface area is 140 Å². The molecule has 2 N–H and O–H groups in total. The molecule has 3 heterocycles. The maximum Gasteiger partial charge on any atom is 0.243 e. The summed E-state index contributed by atoms with van der Waals surface area (Å²) in [6, 6.07) is 1.42. The molecule has 0 radical (unpaired) electrons. The van der Waals surface area contributed by atoms with Gasteiger partial charge in [-0.1, -0.05) is 0 Å². The van der Waals surface area contributed by atoms with E-state index in [1.807, 2.05) is 10.8 Å². The average molecular weight is 346 g/mol. The van der Waals surface area contributed by atoms with Crippen LogP contribution in [0.2, 0.25) is 0 Å². The molecule has 3 rings (SSSR count). The van der Waals surface area contributed by atoms with Crippen molar-refractivity contribution in [3.05, 3.63) is 41.1 Å². The smallest absolute Gasteiger partial charge is 0.243 e. The molecule has 7 nitrogen and oxygen atoms in total. The number of rotatable bonds is 6. The Balaban J connectivity index is 1.54. The minimum atomic E-state index is -0.350. The van der Waals surface area contributed by atoms with E-state index in [1.165, 1.54) is 22.7 Å². The molecule has 0 bridgehead atoms. The van der Waals surface area contributed by atoms with Gasteiger partial charge in [-0.05, 0) is 13.0 Å². The highest BCUT2D eigenvalue weighted by Crippen LogP contribution is 2.19. The maximum atomic E-state index is 12.0. The molecule has 3 aromatic heterocycles. The van der Waals surface area contributed by atoms with Gasteiger partial charge in [0.2, 0.25) is 5.91 Å². The van der Waals surface area contributed by atoms with Gasteiger partial charge >= 0.3 is 0 Å².